The highest BCUT2D eigenvalue weighted by Crippen LogP contribution is 2.20. The summed E-state index contributed by atoms with van der Waals surface area (Å²) in [4.78, 5) is 0. The highest BCUT2D eigenvalue weighted by molar-refractivity contribution is 5.34. The summed E-state index contributed by atoms with van der Waals surface area (Å²) in [6.07, 6.45) is 1.72. The SMILES string of the molecule is C=CCOCCOc1cccc(COc2ccccc2CN)c1. The Morgan fingerprint density at radius 3 is 2.70 bits per heavy atom. The van der Waals surface area contributed by atoms with Gasteiger partial charge in [0.05, 0.1) is 13.2 Å². The fourth-order valence-corrected chi connectivity index (χ4v) is 2.08. The Hall–Kier alpha value is -2.30. The predicted octanol–water partition coefficient (Wildman–Crippen LogP) is 3.31. The van der Waals surface area contributed by atoms with Gasteiger partial charge in [-0.05, 0) is 23.8 Å². The molecule has 122 valence electrons. The summed E-state index contributed by atoms with van der Waals surface area (Å²) in [6.45, 7) is 6.12. The third-order valence-electron chi connectivity index (χ3n) is 3.22. The van der Waals surface area contributed by atoms with E-state index >= 15 is 0 Å². The van der Waals surface area contributed by atoms with Crippen molar-refractivity contribution < 1.29 is 14.2 Å². The number of hydrogen-bond acceptors (Lipinski definition) is 4. The van der Waals surface area contributed by atoms with Crippen LogP contribution in [0.2, 0.25) is 0 Å². The Bertz CT molecular complexity index is 613. The minimum atomic E-state index is 0.462. The summed E-state index contributed by atoms with van der Waals surface area (Å²) < 4.78 is 16.8. The molecule has 0 saturated carbocycles. The molecule has 0 unspecified atom stereocenters. The summed E-state index contributed by atoms with van der Waals surface area (Å²) in [6, 6.07) is 15.6. The fourth-order valence-electron chi connectivity index (χ4n) is 2.08. The first kappa shape index (κ1) is 17.1. The zero-order valence-corrected chi connectivity index (χ0v) is 13.2. The number of ether oxygens (including phenoxy) is 3. The van der Waals surface area contributed by atoms with E-state index < -0.39 is 0 Å². The lowest BCUT2D eigenvalue weighted by Crippen LogP contribution is -2.07. The smallest absolute Gasteiger partial charge is 0.124 e. The van der Waals surface area contributed by atoms with Crippen LogP contribution in [0.25, 0.3) is 0 Å². The van der Waals surface area contributed by atoms with E-state index in [2.05, 4.69) is 6.58 Å². The van der Waals surface area contributed by atoms with Crippen molar-refractivity contribution in [2.75, 3.05) is 19.8 Å². The first-order valence-electron chi connectivity index (χ1n) is 7.64. The Kier molecular flexibility index (Phi) is 7.17. The van der Waals surface area contributed by atoms with Crippen LogP contribution in [0.4, 0.5) is 0 Å². The number of benzene rings is 2. The molecule has 0 spiro atoms. The van der Waals surface area contributed by atoms with E-state index in [0.29, 0.717) is 33.0 Å². The van der Waals surface area contributed by atoms with Crippen molar-refractivity contribution >= 4 is 0 Å². The molecule has 0 bridgehead atoms. The van der Waals surface area contributed by atoms with Gasteiger partial charge in [-0.1, -0.05) is 36.4 Å². The maximum absolute atomic E-state index is 5.86. The van der Waals surface area contributed by atoms with Crippen molar-refractivity contribution in [1.82, 2.24) is 0 Å². The van der Waals surface area contributed by atoms with E-state index in [0.717, 1.165) is 22.6 Å². The molecule has 0 fully saturated rings. The second-order valence-electron chi connectivity index (χ2n) is 4.96. The van der Waals surface area contributed by atoms with Gasteiger partial charge in [-0.3, -0.25) is 0 Å². The van der Waals surface area contributed by atoms with Crippen molar-refractivity contribution in [2.45, 2.75) is 13.2 Å². The zero-order chi connectivity index (χ0) is 16.3. The molecule has 2 rings (SSSR count). The molecule has 0 aromatic heterocycles. The van der Waals surface area contributed by atoms with Crippen LogP contribution in [0.3, 0.4) is 0 Å². The largest absolute Gasteiger partial charge is 0.491 e. The van der Waals surface area contributed by atoms with Crippen LogP contribution in [0.15, 0.2) is 61.2 Å². The number of hydrogen-bond donors (Lipinski definition) is 1. The Morgan fingerprint density at radius 1 is 1.00 bits per heavy atom. The minimum Gasteiger partial charge on any atom is -0.491 e. The van der Waals surface area contributed by atoms with E-state index in [1.54, 1.807) is 6.08 Å². The highest BCUT2D eigenvalue weighted by atomic mass is 16.5. The van der Waals surface area contributed by atoms with Crippen molar-refractivity contribution in [3.8, 4) is 11.5 Å². The molecule has 0 aliphatic carbocycles. The van der Waals surface area contributed by atoms with E-state index in [1.807, 2.05) is 48.5 Å². The molecular formula is C19H23NO3. The molecule has 4 heteroatoms. The molecule has 2 aromatic carbocycles. The summed E-state index contributed by atoms with van der Waals surface area (Å²) in [7, 11) is 0. The Morgan fingerprint density at radius 2 is 1.87 bits per heavy atom. The van der Waals surface area contributed by atoms with Gasteiger partial charge in [0, 0.05) is 12.1 Å². The van der Waals surface area contributed by atoms with Gasteiger partial charge in [-0.25, -0.2) is 0 Å². The fraction of sp³-hybridized carbons (Fsp3) is 0.263. The zero-order valence-electron chi connectivity index (χ0n) is 13.2. The number of nitrogens with two attached hydrogens (primary N) is 1. The van der Waals surface area contributed by atoms with Crippen LogP contribution in [0.5, 0.6) is 11.5 Å². The lowest BCUT2D eigenvalue weighted by molar-refractivity contribution is 0.121. The summed E-state index contributed by atoms with van der Waals surface area (Å²) in [5.41, 5.74) is 7.76. The van der Waals surface area contributed by atoms with Crippen LogP contribution in [0, 0.1) is 0 Å². The minimum absolute atomic E-state index is 0.462. The number of rotatable bonds is 10. The first-order valence-corrected chi connectivity index (χ1v) is 7.64. The van der Waals surface area contributed by atoms with Crippen LogP contribution in [-0.4, -0.2) is 19.8 Å². The van der Waals surface area contributed by atoms with Crippen molar-refractivity contribution in [1.29, 1.82) is 0 Å². The third kappa shape index (κ3) is 5.77. The molecule has 0 amide bonds. The molecule has 4 nitrogen and oxygen atoms in total. The highest BCUT2D eigenvalue weighted by Gasteiger charge is 2.03. The van der Waals surface area contributed by atoms with Crippen molar-refractivity contribution in [3.63, 3.8) is 0 Å². The molecular weight excluding hydrogens is 290 g/mol. The molecule has 0 aliphatic rings. The average Bonchev–Trinajstić information content (AvgIpc) is 2.60. The molecule has 2 N–H and O–H groups in total. The lowest BCUT2D eigenvalue weighted by Gasteiger charge is -2.11. The molecule has 23 heavy (non-hydrogen) atoms. The van der Waals surface area contributed by atoms with E-state index in [4.69, 9.17) is 19.9 Å². The Labute approximate surface area is 137 Å². The number of para-hydroxylation sites is 1. The molecule has 0 atom stereocenters. The first-order chi connectivity index (χ1) is 11.3. The van der Waals surface area contributed by atoms with Gasteiger partial charge in [0.15, 0.2) is 0 Å². The molecule has 0 saturated heterocycles. The maximum Gasteiger partial charge on any atom is 0.124 e. The molecule has 0 heterocycles. The van der Waals surface area contributed by atoms with Gasteiger partial charge in [0.25, 0.3) is 0 Å². The van der Waals surface area contributed by atoms with Gasteiger partial charge in [-0.2, -0.15) is 0 Å². The van der Waals surface area contributed by atoms with Gasteiger partial charge >= 0.3 is 0 Å². The quantitative estimate of drug-likeness (QED) is 0.540. The van der Waals surface area contributed by atoms with Crippen molar-refractivity contribution in [2.24, 2.45) is 5.73 Å². The summed E-state index contributed by atoms with van der Waals surface area (Å²) in [5.74, 6) is 1.62. The predicted molar refractivity (Wildman–Crippen MR) is 91.6 cm³/mol. The van der Waals surface area contributed by atoms with E-state index in [-0.39, 0.29) is 0 Å². The average molecular weight is 313 g/mol. The lowest BCUT2D eigenvalue weighted by atomic mass is 10.2. The Balaban J connectivity index is 1.86. The molecule has 2 aromatic rings. The van der Waals surface area contributed by atoms with E-state index in [1.165, 1.54) is 0 Å². The summed E-state index contributed by atoms with van der Waals surface area (Å²) in [5, 5.41) is 0. The maximum atomic E-state index is 5.86. The van der Waals surface area contributed by atoms with Crippen LogP contribution in [0.1, 0.15) is 11.1 Å². The molecule has 0 aliphatic heterocycles. The monoisotopic (exact) mass is 313 g/mol. The normalized spacial score (nSPS) is 10.3. The van der Waals surface area contributed by atoms with Crippen molar-refractivity contribution in [3.05, 3.63) is 72.3 Å². The topological polar surface area (TPSA) is 53.7 Å². The second kappa shape index (κ2) is 9.66. The van der Waals surface area contributed by atoms with Gasteiger partial charge in [-0.15, -0.1) is 6.58 Å². The molecule has 0 radical (unpaired) electrons. The van der Waals surface area contributed by atoms with E-state index in [9.17, 15) is 0 Å². The second-order valence-corrected chi connectivity index (χ2v) is 4.96. The standard InChI is InChI=1S/C19H23NO3/c1-2-10-21-11-12-22-18-8-5-6-16(13-18)15-23-19-9-4-3-7-17(19)14-20/h2-9,13H,1,10-12,14-15,20H2. The van der Waals surface area contributed by atoms with Gasteiger partial charge < -0.3 is 19.9 Å². The van der Waals surface area contributed by atoms with Crippen LogP contribution >= 0.6 is 0 Å². The van der Waals surface area contributed by atoms with Gasteiger partial charge in [0.1, 0.15) is 24.7 Å². The van der Waals surface area contributed by atoms with Gasteiger partial charge in [0.2, 0.25) is 0 Å². The summed E-state index contributed by atoms with van der Waals surface area (Å²) >= 11 is 0. The third-order valence-corrected chi connectivity index (χ3v) is 3.22. The van der Waals surface area contributed by atoms with Crippen LogP contribution < -0.4 is 15.2 Å². The van der Waals surface area contributed by atoms with Crippen LogP contribution in [-0.2, 0) is 17.9 Å².